The first kappa shape index (κ1) is 4.96. The SMILES string of the molecule is [CH2]OC[CH]C. The van der Waals surface area contributed by atoms with E-state index in [2.05, 4.69) is 11.8 Å². The molecular formula is C4H8O. The molecule has 0 amide bonds. The second kappa shape index (κ2) is 3.96. The Hall–Kier alpha value is -0.0400. The maximum absolute atomic E-state index is 4.39. The van der Waals surface area contributed by atoms with Crippen LogP contribution in [0, 0.1) is 13.5 Å². The third-order valence-corrected chi connectivity index (χ3v) is 0.285. The third kappa shape index (κ3) is 3.96. The molecule has 0 spiro atoms. The van der Waals surface area contributed by atoms with Crippen molar-refractivity contribution in [3.63, 3.8) is 0 Å². The molecule has 0 saturated heterocycles. The van der Waals surface area contributed by atoms with Crippen molar-refractivity contribution in [3.8, 4) is 0 Å². The van der Waals surface area contributed by atoms with Crippen LogP contribution in [0.3, 0.4) is 0 Å². The van der Waals surface area contributed by atoms with Gasteiger partial charge in [-0.05, 0) is 6.42 Å². The molecule has 1 nitrogen and oxygen atoms in total. The summed E-state index contributed by atoms with van der Waals surface area (Å²) in [7, 11) is 3.14. The van der Waals surface area contributed by atoms with Crippen LogP contribution in [0.2, 0.25) is 0 Å². The van der Waals surface area contributed by atoms with E-state index in [-0.39, 0.29) is 0 Å². The molecule has 0 aromatic carbocycles. The molecule has 0 saturated carbocycles. The molecule has 0 bridgehead atoms. The zero-order chi connectivity index (χ0) is 4.12. The Morgan fingerprint density at radius 3 is 2.60 bits per heavy atom. The van der Waals surface area contributed by atoms with Crippen LogP contribution in [-0.2, 0) is 4.74 Å². The smallest absolute Gasteiger partial charge is 0.0700 e. The molecule has 0 aromatic rings. The van der Waals surface area contributed by atoms with Crippen LogP contribution in [0.1, 0.15) is 6.92 Å². The van der Waals surface area contributed by atoms with Gasteiger partial charge in [-0.2, -0.15) is 0 Å². The Balaban J connectivity index is 2.19. The number of hydrogen-bond donors (Lipinski definition) is 0. The van der Waals surface area contributed by atoms with Gasteiger partial charge in [0, 0.05) is 6.61 Å². The molecule has 0 rings (SSSR count). The highest BCUT2D eigenvalue weighted by atomic mass is 16.5. The van der Waals surface area contributed by atoms with E-state index >= 15 is 0 Å². The predicted molar refractivity (Wildman–Crippen MR) is 21.3 cm³/mol. The van der Waals surface area contributed by atoms with Crippen molar-refractivity contribution in [1.29, 1.82) is 0 Å². The Bertz CT molecular complexity index is 11.1. The van der Waals surface area contributed by atoms with E-state index in [1.165, 1.54) is 0 Å². The average molecular weight is 72.1 g/mol. The molecule has 0 aliphatic heterocycles. The first-order valence-corrected chi connectivity index (χ1v) is 1.56. The van der Waals surface area contributed by atoms with Crippen molar-refractivity contribution in [1.82, 2.24) is 0 Å². The lowest BCUT2D eigenvalue weighted by atomic mass is 10.5. The molecule has 0 aliphatic rings. The maximum atomic E-state index is 4.39. The summed E-state index contributed by atoms with van der Waals surface area (Å²) in [4.78, 5) is 0. The van der Waals surface area contributed by atoms with E-state index in [9.17, 15) is 0 Å². The van der Waals surface area contributed by atoms with Crippen molar-refractivity contribution in [3.05, 3.63) is 13.5 Å². The predicted octanol–water partition coefficient (Wildman–Crippen LogP) is 1.02. The lowest BCUT2D eigenvalue weighted by molar-refractivity contribution is 0.270. The van der Waals surface area contributed by atoms with Crippen molar-refractivity contribution in [2.45, 2.75) is 6.92 Å². The summed E-state index contributed by atoms with van der Waals surface area (Å²) < 4.78 is 4.39. The Labute approximate surface area is 32.9 Å². The van der Waals surface area contributed by atoms with Gasteiger partial charge in [0.05, 0.1) is 7.11 Å². The molecule has 5 heavy (non-hydrogen) atoms. The second-order valence-corrected chi connectivity index (χ2v) is 0.779. The van der Waals surface area contributed by atoms with Gasteiger partial charge in [-0.3, -0.25) is 0 Å². The first-order valence-electron chi connectivity index (χ1n) is 1.56. The highest BCUT2D eigenvalue weighted by molar-refractivity contribution is 4.49. The van der Waals surface area contributed by atoms with Gasteiger partial charge < -0.3 is 4.74 Å². The zero-order valence-corrected chi connectivity index (χ0v) is 3.40. The van der Waals surface area contributed by atoms with Crippen molar-refractivity contribution in [2.24, 2.45) is 0 Å². The van der Waals surface area contributed by atoms with Gasteiger partial charge in [-0.25, -0.2) is 0 Å². The molecule has 30 valence electrons. The standard InChI is InChI=1S/C4H8O/c1-3-4-5-2/h3H,2,4H2,1H3. The summed E-state index contributed by atoms with van der Waals surface area (Å²) in [5.41, 5.74) is 0. The zero-order valence-electron chi connectivity index (χ0n) is 3.40. The molecule has 2 radical (unpaired) electrons. The van der Waals surface area contributed by atoms with Crippen LogP contribution in [0.4, 0.5) is 0 Å². The van der Waals surface area contributed by atoms with E-state index < -0.39 is 0 Å². The summed E-state index contributed by atoms with van der Waals surface area (Å²) in [5, 5.41) is 0. The second-order valence-electron chi connectivity index (χ2n) is 0.779. The van der Waals surface area contributed by atoms with Crippen LogP contribution in [0.15, 0.2) is 0 Å². The minimum absolute atomic E-state index is 0.653. The molecule has 0 unspecified atom stereocenters. The summed E-state index contributed by atoms with van der Waals surface area (Å²) in [5.74, 6) is 0. The fourth-order valence-electron chi connectivity index (χ4n) is 0.118. The fraction of sp³-hybridized carbons (Fsp3) is 0.500. The van der Waals surface area contributed by atoms with Gasteiger partial charge in [0.15, 0.2) is 0 Å². The van der Waals surface area contributed by atoms with E-state index in [4.69, 9.17) is 0 Å². The van der Waals surface area contributed by atoms with E-state index in [0.717, 1.165) is 0 Å². The summed E-state index contributed by atoms with van der Waals surface area (Å²) in [6, 6.07) is 0. The lowest BCUT2D eigenvalue weighted by Gasteiger charge is -1.83. The van der Waals surface area contributed by atoms with Gasteiger partial charge in [-0.15, -0.1) is 0 Å². The molecule has 0 fully saturated rings. The van der Waals surface area contributed by atoms with E-state index in [1.54, 1.807) is 0 Å². The fourth-order valence-corrected chi connectivity index (χ4v) is 0.118. The van der Waals surface area contributed by atoms with Crippen molar-refractivity contribution >= 4 is 0 Å². The number of rotatable bonds is 2. The number of ether oxygens (including phenoxy) is 1. The topological polar surface area (TPSA) is 9.23 Å². The molecule has 0 aliphatic carbocycles. The van der Waals surface area contributed by atoms with Crippen LogP contribution >= 0.6 is 0 Å². The summed E-state index contributed by atoms with van der Waals surface area (Å²) in [6.07, 6.45) is 1.90. The van der Waals surface area contributed by atoms with Gasteiger partial charge in [-0.1, -0.05) is 6.92 Å². The van der Waals surface area contributed by atoms with Gasteiger partial charge >= 0.3 is 0 Å². The first-order chi connectivity index (χ1) is 2.41. The van der Waals surface area contributed by atoms with Crippen molar-refractivity contribution < 1.29 is 4.74 Å². The quantitative estimate of drug-likeness (QED) is 0.473. The summed E-state index contributed by atoms with van der Waals surface area (Å²) >= 11 is 0. The largest absolute Gasteiger partial charge is 0.379 e. The minimum Gasteiger partial charge on any atom is -0.379 e. The van der Waals surface area contributed by atoms with Gasteiger partial charge in [0.2, 0.25) is 0 Å². The van der Waals surface area contributed by atoms with E-state index in [0.29, 0.717) is 6.61 Å². The summed E-state index contributed by atoms with van der Waals surface area (Å²) in [6.45, 7) is 2.57. The third-order valence-electron chi connectivity index (χ3n) is 0.285. The molecule has 0 aromatic heterocycles. The van der Waals surface area contributed by atoms with Crippen LogP contribution in [-0.4, -0.2) is 6.61 Å². The van der Waals surface area contributed by atoms with Gasteiger partial charge in [0.1, 0.15) is 0 Å². The molecule has 0 atom stereocenters. The minimum atomic E-state index is 0.653. The highest BCUT2D eigenvalue weighted by Crippen LogP contribution is 1.70. The molecule has 0 heterocycles. The van der Waals surface area contributed by atoms with Crippen LogP contribution in [0.25, 0.3) is 0 Å². The maximum Gasteiger partial charge on any atom is 0.0700 e. The number of hydrogen-bond acceptors (Lipinski definition) is 1. The monoisotopic (exact) mass is 72.1 g/mol. The Morgan fingerprint density at radius 2 is 2.60 bits per heavy atom. The Morgan fingerprint density at radius 1 is 2.00 bits per heavy atom. The van der Waals surface area contributed by atoms with Gasteiger partial charge in [0.25, 0.3) is 0 Å². The molecular weight excluding hydrogens is 64.0 g/mol. The van der Waals surface area contributed by atoms with Crippen LogP contribution in [0.5, 0.6) is 0 Å². The van der Waals surface area contributed by atoms with E-state index in [1.807, 2.05) is 13.3 Å². The van der Waals surface area contributed by atoms with Crippen molar-refractivity contribution in [2.75, 3.05) is 6.61 Å². The Kier molecular flexibility index (Phi) is 3.93. The lowest BCUT2D eigenvalue weighted by Crippen LogP contribution is -1.79. The molecule has 0 N–H and O–H groups in total. The molecule has 1 heteroatoms. The van der Waals surface area contributed by atoms with Crippen LogP contribution < -0.4 is 0 Å². The average Bonchev–Trinajstić information content (AvgIpc) is 1.41. The normalized spacial score (nSPS) is 8.40. The highest BCUT2D eigenvalue weighted by Gasteiger charge is 1.67.